The molecule has 4 heterocycles. The Hall–Kier alpha value is -2.89. The molecular formula is C27H32ClN7O3S. The van der Waals surface area contributed by atoms with Crippen LogP contribution in [0.2, 0.25) is 5.02 Å². The van der Waals surface area contributed by atoms with E-state index in [1.54, 1.807) is 17.2 Å². The van der Waals surface area contributed by atoms with Gasteiger partial charge in [-0.1, -0.05) is 30.3 Å². The SMILES string of the molecule is C[C@@H]1CCC2(CCN(c3cnc(Sc4ccc5ncn(CCN6CCOC6=O)c(=O)c5c4Cl)cn3)CC2)[C@@H]1N. The number of amides is 1. The largest absolute Gasteiger partial charge is 0.448 e. The average molecular weight is 570 g/mol. The number of halogens is 1. The summed E-state index contributed by atoms with van der Waals surface area (Å²) in [5, 5.41) is 1.37. The van der Waals surface area contributed by atoms with Gasteiger partial charge < -0.3 is 20.3 Å². The molecule has 0 radical (unpaired) electrons. The molecular weight excluding hydrogens is 538 g/mol. The van der Waals surface area contributed by atoms with E-state index in [0.717, 1.165) is 31.7 Å². The van der Waals surface area contributed by atoms with Gasteiger partial charge in [0.15, 0.2) is 0 Å². The van der Waals surface area contributed by atoms with Crippen molar-refractivity contribution in [2.24, 2.45) is 17.1 Å². The van der Waals surface area contributed by atoms with Crippen molar-refractivity contribution in [3.05, 3.63) is 46.2 Å². The number of rotatable bonds is 6. The van der Waals surface area contributed by atoms with Crippen LogP contribution in [0.3, 0.4) is 0 Å². The molecule has 10 nitrogen and oxygen atoms in total. The van der Waals surface area contributed by atoms with Crippen molar-refractivity contribution in [1.29, 1.82) is 0 Å². The third-order valence-electron chi connectivity index (χ3n) is 8.68. The maximum atomic E-state index is 13.2. The summed E-state index contributed by atoms with van der Waals surface area (Å²) >= 11 is 8.09. The zero-order chi connectivity index (χ0) is 27.1. The van der Waals surface area contributed by atoms with E-state index in [9.17, 15) is 9.59 Å². The molecule has 1 spiro atoms. The zero-order valence-electron chi connectivity index (χ0n) is 21.9. The summed E-state index contributed by atoms with van der Waals surface area (Å²) in [7, 11) is 0. The van der Waals surface area contributed by atoms with Crippen molar-refractivity contribution in [3.8, 4) is 0 Å². The average Bonchev–Trinajstić information content (AvgIpc) is 3.48. The van der Waals surface area contributed by atoms with E-state index in [-0.39, 0.29) is 17.1 Å². The Morgan fingerprint density at radius 3 is 2.59 bits per heavy atom. The normalized spacial score (nSPS) is 22.7. The number of nitrogens with zero attached hydrogens (tertiary/aromatic N) is 6. The number of aromatic nitrogens is 4. The third-order valence-corrected chi connectivity index (χ3v) is 10.2. The summed E-state index contributed by atoms with van der Waals surface area (Å²) in [5.41, 5.74) is 7.12. The van der Waals surface area contributed by atoms with Crippen LogP contribution in [-0.4, -0.2) is 69.3 Å². The van der Waals surface area contributed by atoms with Crippen LogP contribution in [0.5, 0.6) is 0 Å². The highest BCUT2D eigenvalue weighted by molar-refractivity contribution is 7.99. The molecule has 2 atom stereocenters. The van der Waals surface area contributed by atoms with Crippen LogP contribution in [0.25, 0.3) is 10.9 Å². The highest BCUT2D eigenvalue weighted by atomic mass is 35.5. The fourth-order valence-corrected chi connectivity index (χ4v) is 7.27. The molecule has 2 saturated heterocycles. The second-order valence-electron chi connectivity index (χ2n) is 10.8. The second-order valence-corrected chi connectivity index (χ2v) is 12.3. The molecule has 1 aliphatic carbocycles. The maximum absolute atomic E-state index is 13.2. The summed E-state index contributed by atoms with van der Waals surface area (Å²) in [6.07, 6.45) is 9.33. The minimum atomic E-state index is -0.363. The van der Waals surface area contributed by atoms with E-state index >= 15 is 0 Å². The summed E-state index contributed by atoms with van der Waals surface area (Å²) in [5.74, 6) is 1.47. The Kier molecular flexibility index (Phi) is 7.15. The predicted octanol–water partition coefficient (Wildman–Crippen LogP) is 3.79. The number of piperidine rings is 1. The van der Waals surface area contributed by atoms with Crippen molar-refractivity contribution in [2.75, 3.05) is 37.7 Å². The van der Waals surface area contributed by atoms with Gasteiger partial charge in [-0.15, -0.1) is 0 Å². The van der Waals surface area contributed by atoms with Crippen LogP contribution in [0, 0.1) is 11.3 Å². The smallest absolute Gasteiger partial charge is 0.410 e. The maximum Gasteiger partial charge on any atom is 0.410 e. The zero-order valence-corrected chi connectivity index (χ0v) is 23.5. The van der Waals surface area contributed by atoms with Crippen LogP contribution in [-0.2, 0) is 11.3 Å². The Bertz CT molecular complexity index is 1440. The minimum absolute atomic E-state index is 0.249. The van der Waals surface area contributed by atoms with Crippen molar-refractivity contribution < 1.29 is 9.53 Å². The molecule has 6 rings (SSSR count). The first-order valence-corrected chi connectivity index (χ1v) is 14.6. The number of nitrogens with two attached hydrogens (primary N) is 1. The fraction of sp³-hybridized carbons (Fsp3) is 0.519. The standard InChI is InChI=1S/C27H32ClN7O3S/c1-17-4-5-27(24(17)29)6-8-33(9-7-27)20-14-31-21(15-30-20)39-19-3-2-18-22(23(19)28)25(36)35(16-32-18)11-10-34-12-13-38-26(34)37/h2-3,14-17,24H,4-13,29H2,1H3/t17-,24-/m1/s1. The topological polar surface area (TPSA) is 119 Å². The summed E-state index contributed by atoms with van der Waals surface area (Å²) < 4.78 is 6.43. The number of benzene rings is 1. The lowest BCUT2D eigenvalue weighted by atomic mass is 9.73. The van der Waals surface area contributed by atoms with Gasteiger partial charge in [0.2, 0.25) is 0 Å². The molecule has 2 N–H and O–H groups in total. The van der Waals surface area contributed by atoms with Gasteiger partial charge >= 0.3 is 6.09 Å². The van der Waals surface area contributed by atoms with Gasteiger partial charge in [0.05, 0.1) is 41.2 Å². The number of ether oxygens (including phenoxy) is 1. The summed E-state index contributed by atoms with van der Waals surface area (Å²) in [6, 6.07) is 3.92. The summed E-state index contributed by atoms with van der Waals surface area (Å²) in [6.45, 7) is 5.71. The Morgan fingerprint density at radius 1 is 1.10 bits per heavy atom. The second kappa shape index (κ2) is 10.6. The predicted molar refractivity (Wildman–Crippen MR) is 150 cm³/mol. The number of cyclic esters (lactones) is 1. The molecule has 2 aromatic heterocycles. The molecule has 12 heteroatoms. The molecule has 206 valence electrons. The Balaban J connectivity index is 1.15. The molecule has 3 fully saturated rings. The molecule has 3 aliphatic rings. The van der Waals surface area contributed by atoms with E-state index in [4.69, 9.17) is 22.1 Å². The Labute approximate surface area is 235 Å². The number of anilines is 1. The monoisotopic (exact) mass is 569 g/mol. The van der Waals surface area contributed by atoms with Crippen LogP contribution in [0.15, 0.2) is 45.6 Å². The van der Waals surface area contributed by atoms with Gasteiger partial charge in [0.25, 0.3) is 5.56 Å². The van der Waals surface area contributed by atoms with Gasteiger partial charge in [-0.25, -0.2) is 19.7 Å². The number of hydrogen-bond donors (Lipinski definition) is 1. The van der Waals surface area contributed by atoms with Crippen molar-refractivity contribution >= 4 is 46.2 Å². The molecule has 1 saturated carbocycles. The molecule has 39 heavy (non-hydrogen) atoms. The Morgan fingerprint density at radius 2 is 1.92 bits per heavy atom. The van der Waals surface area contributed by atoms with E-state index in [2.05, 4.69) is 26.8 Å². The lowest BCUT2D eigenvalue weighted by molar-refractivity contribution is 0.157. The van der Waals surface area contributed by atoms with Crippen LogP contribution < -0.4 is 16.2 Å². The van der Waals surface area contributed by atoms with Crippen LogP contribution >= 0.6 is 23.4 Å². The number of hydrogen-bond acceptors (Lipinski definition) is 9. The van der Waals surface area contributed by atoms with Gasteiger partial charge in [-0.05, 0) is 49.1 Å². The van der Waals surface area contributed by atoms with Crippen LogP contribution in [0.1, 0.15) is 32.6 Å². The van der Waals surface area contributed by atoms with Crippen molar-refractivity contribution in [3.63, 3.8) is 0 Å². The van der Waals surface area contributed by atoms with Crippen molar-refractivity contribution in [1.82, 2.24) is 24.4 Å². The highest BCUT2D eigenvalue weighted by Crippen LogP contribution is 2.48. The first-order valence-electron chi connectivity index (χ1n) is 13.4. The number of carbonyl (C=O) groups excluding carboxylic acids is 1. The highest BCUT2D eigenvalue weighted by Gasteiger charge is 2.46. The molecule has 2 aliphatic heterocycles. The lowest BCUT2D eigenvalue weighted by Crippen LogP contribution is -2.48. The van der Waals surface area contributed by atoms with Crippen molar-refractivity contribution in [2.45, 2.75) is 55.1 Å². The first-order chi connectivity index (χ1) is 18.8. The fourth-order valence-electron chi connectivity index (χ4n) is 6.15. The van der Waals surface area contributed by atoms with E-state index in [0.29, 0.717) is 64.0 Å². The third kappa shape index (κ3) is 4.96. The van der Waals surface area contributed by atoms with Gasteiger partial charge in [-0.2, -0.15) is 0 Å². The quantitative estimate of drug-likeness (QED) is 0.473. The lowest BCUT2D eigenvalue weighted by Gasteiger charge is -2.43. The van der Waals surface area contributed by atoms with E-state index in [1.165, 1.54) is 35.5 Å². The molecule has 1 amide bonds. The van der Waals surface area contributed by atoms with E-state index < -0.39 is 0 Å². The molecule has 1 aromatic carbocycles. The number of carbonyl (C=O) groups is 1. The summed E-state index contributed by atoms with van der Waals surface area (Å²) in [4.78, 5) is 43.2. The minimum Gasteiger partial charge on any atom is -0.448 e. The molecule has 0 unspecified atom stereocenters. The van der Waals surface area contributed by atoms with Gasteiger partial charge in [0, 0.05) is 37.1 Å². The van der Waals surface area contributed by atoms with Crippen LogP contribution in [0.4, 0.5) is 10.6 Å². The molecule has 3 aromatic rings. The first kappa shape index (κ1) is 26.3. The van der Waals surface area contributed by atoms with Gasteiger partial charge in [-0.3, -0.25) is 9.36 Å². The number of fused-ring (bicyclic) bond motifs is 1. The molecule has 0 bridgehead atoms. The van der Waals surface area contributed by atoms with E-state index in [1.807, 2.05) is 12.3 Å². The van der Waals surface area contributed by atoms with Gasteiger partial charge in [0.1, 0.15) is 17.5 Å².